The highest BCUT2D eigenvalue weighted by atomic mass is 16.1. The number of anilines is 1. The van der Waals surface area contributed by atoms with Crippen molar-refractivity contribution < 1.29 is 0 Å². The monoisotopic (exact) mass is 251 g/mol. The first kappa shape index (κ1) is 12.9. The van der Waals surface area contributed by atoms with Crippen molar-refractivity contribution in [3.8, 4) is 0 Å². The van der Waals surface area contributed by atoms with Gasteiger partial charge in [-0.3, -0.25) is 10.2 Å². The van der Waals surface area contributed by atoms with Crippen LogP contribution in [0.3, 0.4) is 0 Å². The molecule has 6 heteroatoms. The second-order valence-electron chi connectivity index (χ2n) is 5.64. The van der Waals surface area contributed by atoms with Crippen LogP contribution in [0, 0.1) is 0 Å². The van der Waals surface area contributed by atoms with Crippen LogP contribution in [0.2, 0.25) is 0 Å². The highest BCUT2D eigenvalue weighted by molar-refractivity contribution is 5.38. The molecule has 100 valence electrons. The van der Waals surface area contributed by atoms with E-state index in [2.05, 4.69) is 41.7 Å². The third kappa shape index (κ3) is 1.85. The Hall–Kier alpha value is -1.59. The Morgan fingerprint density at radius 3 is 2.44 bits per heavy atom. The summed E-state index contributed by atoms with van der Waals surface area (Å²) < 4.78 is 1.46. The molecular formula is C12H21N5O. The Morgan fingerprint density at radius 2 is 1.89 bits per heavy atom. The molecule has 0 radical (unpaired) electrons. The molecule has 0 atom stereocenters. The zero-order valence-electron chi connectivity index (χ0n) is 11.7. The van der Waals surface area contributed by atoms with Crippen molar-refractivity contribution >= 4 is 5.95 Å². The maximum Gasteiger partial charge on any atom is 0.296 e. The van der Waals surface area contributed by atoms with Crippen molar-refractivity contribution in [2.75, 3.05) is 10.7 Å². The lowest BCUT2D eigenvalue weighted by molar-refractivity contribution is 0.411. The van der Waals surface area contributed by atoms with E-state index in [0.717, 1.165) is 12.8 Å². The van der Waals surface area contributed by atoms with Gasteiger partial charge in [0.2, 0.25) is 5.95 Å². The van der Waals surface area contributed by atoms with E-state index in [1.165, 1.54) is 4.68 Å². The SMILES string of the molecule is CCC(C)(CC)c1nnc2n(c1=O)NC(C)(C)N2. The van der Waals surface area contributed by atoms with Crippen molar-refractivity contribution in [1.29, 1.82) is 0 Å². The number of nitrogens with zero attached hydrogens (tertiary/aromatic N) is 3. The first-order valence-electron chi connectivity index (χ1n) is 6.39. The molecule has 2 rings (SSSR count). The van der Waals surface area contributed by atoms with Crippen LogP contribution < -0.4 is 16.3 Å². The molecule has 0 aromatic carbocycles. The van der Waals surface area contributed by atoms with Gasteiger partial charge < -0.3 is 5.32 Å². The lowest BCUT2D eigenvalue weighted by atomic mass is 9.82. The van der Waals surface area contributed by atoms with E-state index in [1.807, 2.05) is 13.8 Å². The third-order valence-corrected chi connectivity index (χ3v) is 3.81. The molecule has 2 N–H and O–H groups in total. The first-order chi connectivity index (χ1) is 8.33. The van der Waals surface area contributed by atoms with Crippen LogP contribution >= 0.6 is 0 Å². The van der Waals surface area contributed by atoms with Gasteiger partial charge >= 0.3 is 0 Å². The predicted octanol–water partition coefficient (Wildman–Crippen LogP) is 1.42. The van der Waals surface area contributed by atoms with Gasteiger partial charge in [0, 0.05) is 5.41 Å². The first-order valence-corrected chi connectivity index (χ1v) is 6.39. The molecule has 0 saturated carbocycles. The fraction of sp³-hybridized carbons (Fsp3) is 0.750. The van der Waals surface area contributed by atoms with E-state index in [4.69, 9.17) is 0 Å². The summed E-state index contributed by atoms with van der Waals surface area (Å²) in [6.45, 7) is 10.1. The average Bonchev–Trinajstić information content (AvgIpc) is 2.64. The number of fused-ring (bicyclic) bond motifs is 1. The molecule has 1 aromatic heterocycles. The average molecular weight is 251 g/mol. The van der Waals surface area contributed by atoms with Crippen LogP contribution in [0.1, 0.15) is 53.2 Å². The lowest BCUT2D eigenvalue weighted by Crippen LogP contribution is -2.41. The molecule has 0 unspecified atom stereocenters. The van der Waals surface area contributed by atoms with Gasteiger partial charge in [0.15, 0.2) is 0 Å². The Bertz CT molecular complexity index is 516. The van der Waals surface area contributed by atoms with E-state index >= 15 is 0 Å². The highest BCUT2D eigenvalue weighted by Crippen LogP contribution is 2.27. The summed E-state index contributed by atoms with van der Waals surface area (Å²) in [5.74, 6) is 0.475. The molecule has 1 aromatic rings. The molecule has 0 bridgehead atoms. The topological polar surface area (TPSA) is 71.8 Å². The maximum absolute atomic E-state index is 12.5. The minimum absolute atomic E-state index is 0.107. The van der Waals surface area contributed by atoms with Gasteiger partial charge in [-0.25, -0.2) is 0 Å². The van der Waals surface area contributed by atoms with Gasteiger partial charge in [0.1, 0.15) is 11.4 Å². The van der Waals surface area contributed by atoms with Crippen LogP contribution in [0.15, 0.2) is 4.79 Å². The molecular weight excluding hydrogens is 230 g/mol. The number of aromatic nitrogens is 3. The fourth-order valence-electron chi connectivity index (χ4n) is 2.12. The van der Waals surface area contributed by atoms with E-state index in [-0.39, 0.29) is 16.6 Å². The summed E-state index contributed by atoms with van der Waals surface area (Å²) >= 11 is 0. The van der Waals surface area contributed by atoms with Gasteiger partial charge in [0.25, 0.3) is 5.56 Å². The zero-order chi connectivity index (χ0) is 13.6. The summed E-state index contributed by atoms with van der Waals surface area (Å²) in [5, 5.41) is 11.4. The zero-order valence-corrected chi connectivity index (χ0v) is 11.7. The van der Waals surface area contributed by atoms with Crippen molar-refractivity contribution in [2.24, 2.45) is 0 Å². The molecule has 0 aliphatic carbocycles. The second-order valence-corrected chi connectivity index (χ2v) is 5.64. The quantitative estimate of drug-likeness (QED) is 0.850. The smallest absolute Gasteiger partial charge is 0.296 e. The van der Waals surface area contributed by atoms with Crippen LogP contribution in [-0.2, 0) is 5.41 Å². The van der Waals surface area contributed by atoms with E-state index in [0.29, 0.717) is 11.6 Å². The molecule has 0 saturated heterocycles. The van der Waals surface area contributed by atoms with Crippen LogP contribution in [0.4, 0.5) is 5.95 Å². The Labute approximate surface area is 107 Å². The molecule has 6 nitrogen and oxygen atoms in total. The van der Waals surface area contributed by atoms with Crippen molar-refractivity contribution in [3.63, 3.8) is 0 Å². The molecule has 0 amide bonds. The third-order valence-electron chi connectivity index (χ3n) is 3.81. The standard InChI is InChI=1S/C12H21N5O/c1-6-12(5,7-2)8-9(18)17-10(15-14-8)13-11(3,4)16-17/h16H,6-7H2,1-5H3,(H,13,15). The van der Waals surface area contributed by atoms with Crippen LogP contribution in [0.25, 0.3) is 0 Å². The molecule has 1 aliphatic rings. The number of hydrogen-bond donors (Lipinski definition) is 2. The van der Waals surface area contributed by atoms with Crippen molar-refractivity contribution in [3.05, 3.63) is 16.0 Å². The number of hydrogen-bond acceptors (Lipinski definition) is 5. The van der Waals surface area contributed by atoms with Gasteiger partial charge in [-0.05, 0) is 26.7 Å². The van der Waals surface area contributed by atoms with Crippen molar-refractivity contribution in [1.82, 2.24) is 14.9 Å². The summed E-state index contributed by atoms with van der Waals surface area (Å²) in [5.41, 5.74) is 2.91. The van der Waals surface area contributed by atoms with Gasteiger partial charge in [-0.15, -0.1) is 10.2 Å². The predicted molar refractivity (Wildman–Crippen MR) is 71.3 cm³/mol. The van der Waals surface area contributed by atoms with Crippen LogP contribution in [-0.4, -0.2) is 20.5 Å². The second kappa shape index (κ2) is 3.96. The Balaban J connectivity index is 2.54. The van der Waals surface area contributed by atoms with E-state index in [1.54, 1.807) is 0 Å². The van der Waals surface area contributed by atoms with Gasteiger partial charge in [0.05, 0.1) is 0 Å². The summed E-state index contributed by atoms with van der Waals surface area (Å²) in [6.07, 6.45) is 1.73. The minimum atomic E-state index is -0.381. The van der Waals surface area contributed by atoms with E-state index in [9.17, 15) is 4.79 Å². The van der Waals surface area contributed by atoms with Gasteiger partial charge in [-0.2, -0.15) is 4.68 Å². The van der Waals surface area contributed by atoms with Crippen molar-refractivity contribution in [2.45, 2.75) is 58.5 Å². The number of nitrogens with one attached hydrogen (secondary N) is 2. The Kier molecular flexibility index (Phi) is 2.83. The molecule has 1 aliphatic heterocycles. The fourth-order valence-corrected chi connectivity index (χ4v) is 2.12. The number of rotatable bonds is 3. The largest absolute Gasteiger partial charge is 0.329 e. The molecule has 0 spiro atoms. The summed E-state index contributed by atoms with van der Waals surface area (Å²) in [4.78, 5) is 12.5. The van der Waals surface area contributed by atoms with E-state index < -0.39 is 0 Å². The minimum Gasteiger partial charge on any atom is -0.329 e. The Morgan fingerprint density at radius 1 is 1.28 bits per heavy atom. The molecule has 0 fully saturated rings. The summed E-state index contributed by atoms with van der Waals surface area (Å²) in [6, 6.07) is 0. The summed E-state index contributed by atoms with van der Waals surface area (Å²) in [7, 11) is 0. The molecule has 2 heterocycles. The van der Waals surface area contributed by atoms with Gasteiger partial charge in [-0.1, -0.05) is 20.8 Å². The lowest BCUT2D eigenvalue weighted by Gasteiger charge is -2.24. The highest BCUT2D eigenvalue weighted by Gasteiger charge is 2.34. The van der Waals surface area contributed by atoms with Crippen LogP contribution in [0.5, 0.6) is 0 Å². The molecule has 18 heavy (non-hydrogen) atoms. The maximum atomic E-state index is 12.5. The normalized spacial score (nSPS) is 16.9.